The average molecular weight is 309 g/mol. The maximum atomic E-state index is 3.70. The second kappa shape index (κ2) is 5.72. The standard InChI is InChI=1S/C15H21BrN2/c16-15-5-1-4-13-6-8-18(11-14(13)15)10-12-3-2-7-17-9-12/h1,4-5,12,17H,2-3,6-11H2. The van der Waals surface area contributed by atoms with Crippen molar-refractivity contribution in [2.45, 2.75) is 25.8 Å². The molecule has 1 atom stereocenters. The van der Waals surface area contributed by atoms with Gasteiger partial charge in [-0.3, -0.25) is 4.90 Å². The van der Waals surface area contributed by atoms with Crippen LogP contribution in [0.4, 0.5) is 0 Å². The molecule has 3 rings (SSSR count). The van der Waals surface area contributed by atoms with Gasteiger partial charge in [-0.05, 0) is 55.5 Å². The number of benzene rings is 1. The molecule has 1 aromatic rings. The van der Waals surface area contributed by atoms with Gasteiger partial charge in [0, 0.05) is 24.1 Å². The van der Waals surface area contributed by atoms with Crippen LogP contribution in [0.5, 0.6) is 0 Å². The molecule has 0 radical (unpaired) electrons. The van der Waals surface area contributed by atoms with E-state index in [1.54, 1.807) is 0 Å². The molecule has 0 spiro atoms. The van der Waals surface area contributed by atoms with Crippen molar-refractivity contribution in [1.82, 2.24) is 10.2 Å². The fourth-order valence-electron chi connectivity index (χ4n) is 3.20. The molecular weight excluding hydrogens is 288 g/mol. The van der Waals surface area contributed by atoms with Crippen molar-refractivity contribution in [2.24, 2.45) is 5.92 Å². The zero-order valence-electron chi connectivity index (χ0n) is 10.8. The van der Waals surface area contributed by atoms with Gasteiger partial charge in [0.1, 0.15) is 0 Å². The summed E-state index contributed by atoms with van der Waals surface area (Å²) in [6.45, 7) is 6.02. The molecule has 2 nitrogen and oxygen atoms in total. The Hall–Kier alpha value is -0.380. The van der Waals surface area contributed by atoms with E-state index >= 15 is 0 Å². The molecule has 1 saturated heterocycles. The third-order valence-corrected chi connectivity index (χ3v) is 4.95. The Morgan fingerprint density at radius 3 is 3.17 bits per heavy atom. The molecule has 0 bridgehead atoms. The number of halogens is 1. The quantitative estimate of drug-likeness (QED) is 0.904. The van der Waals surface area contributed by atoms with Gasteiger partial charge in [-0.15, -0.1) is 0 Å². The summed E-state index contributed by atoms with van der Waals surface area (Å²) in [5.41, 5.74) is 3.04. The molecule has 1 aromatic carbocycles. The minimum absolute atomic E-state index is 0.850. The van der Waals surface area contributed by atoms with E-state index in [4.69, 9.17) is 0 Å². The first kappa shape index (κ1) is 12.6. The number of piperidine rings is 1. The molecule has 1 N–H and O–H groups in total. The van der Waals surface area contributed by atoms with Crippen molar-refractivity contribution in [3.63, 3.8) is 0 Å². The highest BCUT2D eigenvalue weighted by atomic mass is 79.9. The highest BCUT2D eigenvalue weighted by molar-refractivity contribution is 9.10. The molecule has 0 aromatic heterocycles. The summed E-state index contributed by atoms with van der Waals surface area (Å²) in [6, 6.07) is 6.60. The average Bonchev–Trinajstić information content (AvgIpc) is 2.41. The number of hydrogen-bond acceptors (Lipinski definition) is 2. The van der Waals surface area contributed by atoms with E-state index in [2.05, 4.69) is 44.3 Å². The summed E-state index contributed by atoms with van der Waals surface area (Å²) in [6.07, 6.45) is 3.94. The number of rotatable bonds is 2. The second-order valence-electron chi connectivity index (χ2n) is 5.58. The third-order valence-electron chi connectivity index (χ3n) is 4.21. The molecule has 3 heteroatoms. The van der Waals surface area contributed by atoms with Gasteiger partial charge >= 0.3 is 0 Å². The Morgan fingerprint density at radius 2 is 2.33 bits per heavy atom. The number of fused-ring (bicyclic) bond motifs is 1. The van der Waals surface area contributed by atoms with E-state index < -0.39 is 0 Å². The van der Waals surface area contributed by atoms with Crippen LogP contribution < -0.4 is 5.32 Å². The van der Waals surface area contributed by atoms with Crippen molar-refractivity contribution in [3.8, 4) is 0 Å². The topological polar surface area (TPSA) is 15.3 Å². The summed E-state index contributed by atoms with van der Waals surface area (Å²) in [5, 5.41) is 3.52. The van der Waals surface area contributed by atoms with Gasteiger partial charge in [0.25, 0.3) is 0 Å². The first-order valence-electron chi connectivity index (χ1n) is 7.02. The summed E-state index contributed by atoms with van der Waals surface area (Å²) >= 11 is 3.70. The number of nitrogens with zero attached hydrogens (tertiary/aromatic N) is 1. The highest BCUT2D eigenvalue weighted by Crippen LogP contribution is 2.27. The molecule has 2 aliphatic heterocycles. The van der Waals surface area contributed by atoms with E-state index in [9.17, 15) is 0 Å². The van der Waals surface area contributed by atoms with E-state index in [1.165, 1.54) is 61.0 Å². The van der Waals surface area contributed by atoms with Crippen LogP contribution in [0.3, 0.4) is 0 Å². The molecule has 2 aliphatic rings. The van der Waals surface area contributed by atoms with E-state index in [0.29, 0.717) is 0 Å². The van der Waals surface area contributed by atoms with Crippen molar-refractivity contribution < 1.29 is 0 Å². The molecule has 0 aliphatic carbocycles. The fourth-order valence-corrected chi connectivity index (χ4v) is 3.73. The lowest BCUT2D eigenvalue weighted by Crippen LogP contribution is -2.40. The second-order valence-corrected chi connectivity index (χ2v) is 6.43. The lowest BCUT2D eigenvalue weighted by Gasteiger charge is -2.34. The van der Waals surface area contributed by atoms with Crippen LogP contribution in [-0.4, -0.2) is 31.1 Å². The molecule has 1 fully saturated rings. The lowest BCUT2D eigenvalue weighted by atomic mass is 9.95. The minimum Gasteiger partial charge on any atom is -0.316 e. The SMILES string of the molecule is Brc1cccc2c1CN(CC1CCCNC1)CC2. The van der Waals surface area contributed by atoms with Crippen LogP contribution in [0.2, 0.25) is 0 Å². The maximum absolute atomic E-state index is 3.70. The van der Waals surface area contributed by atoms with Gasteiger partial charge < -0.3 is 5.32 Å². The van der Waals surface area contributed by atoms with Crippen LogP contribution in [0.1, 0.15) is 24.0 Å². The Kier molecular flexibility index (Phi) is 4.02. The van der Waals surface area contributed by atoms with Crippen molar-refractivity contribution in [1.29, 1.82) is 0 Å². The molecular formula is C15H21BrN2. The fraction of sp³-hybridized carbons (Fsp3) is 0.600. The summed E-state index contributed by atoms with van der Waals surface area (Å²) in [7, 11) is 0. The van der Waals surface area contributed by atoms with E-state index in [-0.39, 0.29) is 0 Å². The first-order chi connectivity index (χ1) is 8.83. The lowest BCUT2D eigenvalue weighted by molar-refractivity contribution is 0.193. The predicted molar refractivity (Wildman–Crippen MR) is 78.7 cm³/mol. The Balaban J connectivity index is 1.65. The highest BCUT2D eigenvalue weighted by Gasteiger charge is 2.21. The van der Waals surface area contributed by atoms with Crippen LogP contribution in [0.15, 0.2) is 22.7 Å². The Labute approximate surface area is 118 Å². The van der Waals surface area contributed by atoms with Crippen LogP contribution >= 0.6 is 15.9 Å². The van der Waals surface area contributed by atoms with Gasteiger partial charge in [-0.1, -0.05) is 28.1 Å². The Bertz CT molecular complexity index is 413. The first-order valence-corrected chi connectivity index (χ1v) is 7.81. The van der Waals surface area contributed by atoms with Gasteiger partial charge in [-0.2, -0.15) is 0 Å². The summed E-state index contributed by atoms with van der Waals surface area (Å²) in [5.74, 6) is 0.850. The van der Waals surface area contributed by atoms with Crippen LogP contribution in [0.25, 0.3) is 0 Å². The molecule has 18 heavy (non-hydrogen) atoms. The monoisotopic (exact) mass is 308 g/mol. The summed E-state index contributed by atoms with van der Waals surface area (Å²) < 4.78 is 1.28. The molecule has 1 unspecified atom stereocenters. The van der Waals surface area contributed by atoms with E-state index in [1.807, 2.05) is 0 Å². The maximum Gasteiger partial charge on any atom is 0.0247 e. The van der Waals surface area contributed by atoms with Gasteiger partial charge in [-0.25, -0.2) is 0 Å². The predicted octanol–water partition coefficient (Wildman–Crippen LogP) is 2.81. The van der Waals surface area contributed by atoms with Gasteiger partial charge in [0.2, 0.25) is 0 Å². The summed E-state index contributed by atoms with van der Waals surface area (Å²) in [4.78, 5) is 2.63. The molecule has 2 heterocycles. The van der Waals surface area contributed by atoms with Gasteiger partial charge in [0.05, 0.1) is 0 Å². The number of nitrogens with one attached hydrogen (secondary N) is 1. The zero-order valence-corrected chi connectivity index (χ0v) is 12.4. The number of hydrogen-bond donors (Lipinski definition) is 1. The smallest absolute Gasteiger partial charge is 0.0247 e. The van der Waals surface area contributed by atoms with Crippen molar-refractivity contribution >= 4 is 15.9 Å². The third kappa shape index (κ3) is 2.79. The minimum atomic E-state index is 0.850. The van der Waals surface area contributed by atoms with Gasteiger partial charge in [0.15, 0.2) is 0 Å². The zero-order chi connectivity index (χ0) is 12.4. The van der Waals surface area contributed by atoms with Crippen LogP contribution in [-0.2, 0) is 13.0 Å². The molecule has 98 valence electrons. The Morgan fingerprint density at radius 1 is 1.39 bits per heavy atom. The molecule has 0 amide bonds. The molecule has 0 saturated carbocycles. The normalized spacial score (nSPS) is 24.8. The van der Waals surface area contributed by atoms with Crippen molar-refractivity contribution in [2.75, 3.05) is 26.2 Å². The largest absolute Gasteiger partial charge is 0.316 e. The van der Waals surface area contributed by atoms with Crippen molar-refractivity contribution in [3.05, 3.63) is 33.8 Å². The van der Waals surface area contributed by atoms with E-state index in [0.717, 1.165) is 12.5 Å². The van der Waals surface area contributed by atoms with Crippen LogP contribution in [0, 0.1) is 5.92 Å².